The smallest absolute Gasteiger partial charge is 0.305 e. The molecule has 0 fully saturated rings. The summed E-state index contributed by atoms with van der Waals surface area (Å²) in [7, 11) is 0. The molecule has 0 radical (unpaired) electrons. The zero-order chi connectivity index (χ0) is 31.2. The second kappa shape index (κ2) is 35.8. The number of carbonyl (C=O) groups excluding carboxylic acids is 6. The monoisotopic (exact) mass is 610 g/mol. The standard InChI is InChI=1S/C10H18O4.2C9H16O4.2CH4/c1-4-6-10(12)13-7-8(3)14-9(11)5-2;2*1-3-5-9(11)13-7-6-12-8(10)4-2;;/h8H,4-7H2,1-3H3;2*3-7H2,1-2H3;2*1H4. The highest BCUT2D eigenvalue weighted by molar-refractivity contribution is 5.71. The Kier molecular flexibility index (Phi) is 41.4. The number of hydrogen-bond donors (Lipinski definition) is 0. The van der Waals surface area contributed by atoms with Gasteiger partial charge in [-0.1, -0.05) is 56.4 Å². The van der Waals surface area contributed by atoms with Crippen molar-refractivity contribution in [3.63, 3.8) is 0 Å². The first-order valence-corrected chi connectivity index (χ1v) is 14.0. The number of rotatable bonds is 18. The molecule has 0 saturated heterocycles. The molecule has 0 amide bonds. The Morgan fingerprint density at radius 3 is 1.02 bits per heavy atom. The molecule has 42 heavy (non-hydrogen) atoms. The summed E-state index contributed by atoms with van der Waals surface area (Å²) in [5.74, 6) is -1.54. The topological polar surface area (TPSA) is 158 Å². The van der Waals surface area contributed by atoms with E-state index in [4.69, 9.17) is 28.4 Å². The van der Waals surface area contributed by atoms with Crippen molar-refractivity contribution < 1.29 is 57.2 Å². The summed E-state index contributed by atoms with van der Waals surface area (Å²) in [5, 5.41) is 0. The molecule has 0 aliphatic carbocycles. The molecule has 0 saturated carbocycles. The Bertz CT molecular complexity index is 668. The highest BCUT2D eigenvalue weighted by Gasteiger charge is 2.10. The van der Waals surface area contributed by atoms with E-state index in [-0.39, 0.29) is 89.8 Å². The molecule has 0 aliphatic rings. The highest BCUT2D eigenvalue weighted by atomic mass is 16.6. The lowest BCUT2D eigenvalue weighted by molar-refractivity contribution is -0.157. The average Bonchev–Trinajstić information content (AvgIpc) is 2.93. The Morgan fingerprint density at radius 1 is 0.452 bits per heavy atom. The second-order valence-electron chi connectivity index (χ2n) is 8.18. The molecule has 250 valence electrons. The predicted molar refractivity (Wildman–Crippen MR) is 159 cm³/mol. The van der Waals surface area contributed by atoms with Gasteiger partial charge in [0, 0.05) is 38.5 Å². The number of carbonyl (C=O) groups is 6. The van der Waals surface area contributed by atoms with Crippen molar-refractivity contribution in [1.29, 1.82) is 0 Å². The quantitative estimate of drug-likeness (QED) is 0.109. The van der Waals surface area contributed by atoms with Crippen LogP contribution in [-0.4, -0.2) is 75.0 Å². The van der Waals surface area contributed by atoms with Crippen LogP contribution in [0.1, 0.15) is 121 Å². The molecule has 0 aromatic rings. The largest absolute Gasteiger partial charge is 0.462 e. The van der Waals surface area contributed by atoms with Crippen LogP contribution in [0.2, 0.25) is 0 Å². The second-order valence-corrected chi connectivity index (χ2v) is 8.18. The van der Waals surface area contributed by atoms with Gasteiger partial charge in [-0.05, 0) is 26.2 Å². The Balaban J connectivity index is -0.000000159. The van der Waals surface area contributed by atoms with Crippen LogP contribution in [0.4, 0.5) is 0 Å². The van der Waals surface area contributed by atoms with Crippen molar-refractivity contribution >= 4 is 35.8 Å². The molecular formula is C30H58O12. The number of esters is 6. The van der Waals surface area contributed by atoms with E-state index in [9.17, 15) is 28.8 Å². The summed E-state index contributed by atoms with van der Waals surface area (Å²) >= 11 is 0. The Morgan fingerprint density at radius 2 is 0.738 bits per heavy atom. The van der Waals surface area contributed by atoms with Crippen LogP contribution in [-0.2, 0) is 57.2 Å². The maximum Gasteiger partial charge on any atom is 0.305 e. The summed E-state index contributed by atoms with van der Waals surface area (Å²) in [6, 6.07) is 0. The van der Waals surface area contributed by atoms with E-state index in [0.717, 1.165) is 19.3 Å². The van der Waals surface area contributed by atoms with Crippen molar-refractivity contribution in [1.82, 2.24) is 0 Å². The van der Waals surface area contributed by atoms with E-state index >= 15 is 0 Å². The fourth-order valence-electron chi connectivity index (χ4n) is 2.21. The first-order chi connectivity index (χ1) is 19.0. The summed E-state index contributed by atoms with van der Waals surface area (Å²) in [6.07, 6.45) is 4.24. The third-order valence-electron chi connectivity index (χ3n) is 4.26. The zero-order valence-electron chi connectivity index (χ0n) is 25.4. The van der Waals surface area contributed by atoms with E-state index in [1.165, 1.54) is 0 Å². The minimum atomic E-state index is -0.358. The van der Waals surface area contributed by atoms with Crippen LogP contribution in [0.15, 0.2) is 0 Å². The number of hydrogen-bond acceptors (Lipinski definition) is 12. The molecule has 1 unspecified atom stereocenters. The molecule has 0 bridgehead atoms. The first kappa shape index (κ1) is 48.5. The SMILES string of the molecule is C.C.CCCC(=O)OCC(C)OC(=O)CC.CCCC(=O)OCCOC(=O)CC.CCCC(=O)OCCOC(=O)CC. The maximum atomic E-state index is 10.9. The summed E-state index contributed by atoms with van der Waals surface area (Å²) < 4.78 is 28.7. The van der Waals surface area contributed by atoms with Crippen molar-refractivity contribution in [3.05, 3.63) is 0 Å². The van der Waals surface area contributed by atoms with Gasteiger partial charge in [0.2, 0.25) is 0 Å². The lowest BCUT2D eigenvalue weighted by Crippen LogP contribution is -2.21. The van der Waals surface area contributed by atoms with E-state index in [0.29, 0.717) is 38.5 Å². The lowest BCUT2D eigenvalue weighted by Gasteiger charge is -2.12. The zero-order valence-corrected chi connectivity index (χ0v) is 25.4. The van der Waals surface area contributed by atoms with Crippen molar-refractivity contribution in [2.45, 2.75) is 127 Å². The van der Waals surface area contributed by atoms with Gasteiger partial charge < -0.3 is 28.4 Å². The maximum absolute atomic E-state index is 10.9. The van der Waals surface area contributed by atoms with Gasteiger partial charge in [0.1, 0.15) is 39.1 Å². The lowest BCUT2D eigenvalue weighted by atomic mass is 10.3. The average molecular weight is 611 g/mol. The molecule has 0 aliphatic heterocycles. The van der Waals surface area contributed by atoms with Gasteiger partial charge in [0.05, 0.1) is 0 Å². The fourth-order valence-corrected chi connectivity index (χ4v) is 2.21. The molecule has 0 aromatic carbocycles. The summed E-state index contributed by atoms with van der Waals surface area (Å²) in [4.78, 5) is 64.6. The molecule has 12 heteroatoms. The van der Waals surface area contributed by atoms with Crippen molar-refractivity contribution in [3.8, 4) is 0 Å². The molecular weight excluding hydrogens is 552 g/mol. The third-order valence-corrected chi connectivity index (χ3v) is 4.26. The van der Waals surface area contributed by atoms with Gasteiger partial charge in [-0.15, -0.1) is 0 Å². The van der Waals surface area contributed by atoms with Crippen molar-refractivity contribution in [2.75, 3.05) is 33.0 Å². The van der Waals surface area contributed by atoms with Gasteiger partial charge in [0.15, 0.2) is 0 Å². The van der Waals surface area contributed by atoms with E-state index in [1.54, 1.807) is 27.7 Å². The molecule has 0 aromatic heterocycles. The Hall–Kier alpha value is -3.18. The van der Waals surface area contributed by atoms with Crippen LogP contribution in [0.3, 0.4) is 0 Å². The van der Waals surface area contributed by atoms with Crippen LogP contribution >= 0.6 is 0 Å². The molecule has 0 heterocycles. The first-order valence-electron chi connectivity index (χ1n) is 14.0. The van der Waals surface area contributed by atoms with Gasteiger partial charge in [-0.2, -0.15) is 0 Å². The van der Waals surface area contributed by atoms with E-state index in [1.807, 2.05) is 20.8 Å². The third kappa shape index (κ3) is 39.0. The predicted octanol–water partition coefficient (Wildman–Crippen LogP) is 5.51. The van der Waals surface area contributed by atoms with Gasteiger partial charge in [0.25, 0.3) is 0 Å². The van der Waals surface area contributed by atoms with Crippen LogP contribution in [0.25, 0.3) is 0 Å². The highest BCUT2D eigenvalue weighted by Crippen LogP contribution is 1.98. The van der Waals surface area contributed by atoms with Crippen LogP contribution in [0.5, 0.6) is 0 Å². The van der Waals surface area contributed by atoms with E-state index < -0.39 is 0 Å². The normalized spacial score (nSPS) is 9.79. The van der Waals surface area contributed by atoms with Gasteiger partial charge >= 0.3 is 35.8 Å². The molecule has 0 N–H and O–H groups in total. The minimum Gasteiger partial charge on any atom is -0.462 e. The van der Waals surface area contributed by atoms with Gasteiger partial charge in [-0.3, -0.25) is 28.8 Å². The van der Waals surface area contributed by atoms with Gasteiger partial charge in [-0.25, -0.2) is 0 Å². The number of ether oxygens (including phenoxy) is 6. The minimum absolute atomic E-state index is 0. The fraction of sp³-hybridized carbons (Fsp3) is 0.800. The van der Waals surface area contributed by atoms with Crippen LogP contribution in [0, 0.1) is 0 Å². The summed E-state index contributed by atoms with van der Waals surface area (Å²) in [6.45, 7) is 13.3. The van der Waals surface area contributed by atoms with Crippen LogP contribution < -0.4 is 0 Å². The molecule has 0 spiro atoms. The molecule has 0 rings (SSSR count). The Labute approximate surface area is 253 Å². The van der Waals surface area contributed by atoms with E-state index in [2.05, 4.69) is 0 Å². The van der Waals surface area contributed by atoms with Crippen molar-refractivity contribution in [2.24, 2.45) is 0 Å². The summed E-state index contributed by atoms with van der Waals surface area (Å²) in [5.41, 5.74) is 0. The molecule has 12 nitrogen and oxygen atoms in total. The molecule has 1 atom stereocenters.